The minimum atomic E-state index is -1.05. The van der Waals surface area contributed by atoms with Crippen molar-refractivity contribution in [2.45, 2.75) is 90.6 Å². The molecule has 202 valence electrons. The number of carbonyl (C=O) groups is 5. The number of carbonyl (C=O) groups excluding carboxylic acids is 5. The standard InChI is InChI=1S/C18H23NO3.C11H16O4/c1-2-22-16(21)18-10-8-17(9-11-18,12-15(18)20)19-13-14-6-4-3-5-7-14;1-3-15-10(14)11(8(2)12)6-4-9(13)5-7-11/h3-7,19H,2,8-13H2,1H3;3-7H2,1-2H3. The summed E-state index contributed by atoms with van der Waals surface area (Å²) < 4.78 is 10.1. The summed E-state index contributed by atoms with van der Waals surface area (Å²) in [5, 5.41) is 3.58. The second kappa shape index (κ2) is 12.1. The molecule has 1 aromatic carbocycles. The number of ether oxygens (including phenoxy) is 2. The van der Waals surface area contributed by atoms with Crippen molar-refractivity contribution in [3.8, 4) is 0 Å². The van der Waals surface area contributed by atoms with Gasteiger partial charge in [-0.05, 0) is 64.9 Å². The molecular weight excluding hydrogens is 474 g/mol. The third-order valence-corrected chi connectivity index (χ3v) is 8.27. The van der Waals surface area contributed by atoms with Gasteiger partial charge in [0.05, 0.1) is 13.2 Å². The van der Waals surface area contributed by atoms with E-state index in [2.05, 4.69) is 17.4 Å². The molecular formula is C29H39NO7. The van der Waals surface area contributed by atoms with Gasteiger partial charge in [-0.25, -0.2) is 0 Å². The van der Waals surface area contributed by atoms with E-state index in [4.69, 9.17) is 9.47 Å². The van der Waals surface area contributed by atoms with E-state index >= 15 is 0 Å². The van der Waals surface area contributed by atoms with Gasteiger partial charge in [-0.15, -0.1) is 0 Å². The van der Waals surface area contributed by atoms with Gasteiger partial charge in [-0.1, -0.05) is 30.3 Å². The number of nitrogens with one attached hydrogen (secondary N) is 1. The monoisotopic (exact) mass is 513 g/mol. The highest BCUT2D eigenvalue weighted by Crippen LogP contribution is 2.51. The van der Waals surface area contributed by atoms with Crippen LogP contribution < -0.4 is 5.32 Å². The molecule has 0 atom stereocenters. The number of hydrogen-bond donors (Lipinski definition) is 1. The van der Waals surface area contributed by atoms with Crippen LogP contribution in [0.4, 0.5) is 0 Å². The van der Waals surface area contributed by atoms with E-state index in [1.165, 1.54) is 12.5 Å². The van der Waals surface area contributed by atoms with Crippen molar-refractivity contribution in [2.75, 3.05) is 13.2 Å². The number of Topliss-reactive ketones (excluding diaryl/α,β-unsaturated/α-hetero) is 3. The number of ketones is 3. The summed E-state index contributed by atoms with van der Waals surface area (Å²) in [6, 6.07) is 10.2. The molecule has 0 aliphatic heterocycles. The molecule has 8 nitrogen and oxygen atoms in total. The highest BCUT2D eigenvalue weighted by Gasteiger charge is 2.58. The molecule has 4 aliphatic carbocycles. The summed E-state index contributed by atoms with van der Waals surface area (Å²) >= 11 is 0. The second-order valence-corrected chi connectivity index (χ2v) is 10.4. The molecule has 4 saturated carbocycles. The summed E-state index contributed by atoms with van der Waals surface area (Å²) in [4.78, 5) is 59.1. The maximum Gasteiger partial charge on any atom is 0.319 e. The number of fused-ring (bicyclic) bond motifs is 3. The Balaban J connectivity index is 0.000000222. The van der Waals surface area contributed by atoms with E-state index in [-0.39, 0.29) is 35.5 Å². The zero-order chi connectivity index (χ0) is 27.1. The number of benzene rings is 1. The molecule has 1 aromatic rings. The second-order valence-electron chi connectivity index (χ2n) is 10.4. The van der Waals surface area contributed by atoms with Gasteiger partial charge < -0.3 is 14.8 Å². The Hall–Kier alpha value is -2.87. The van der Waals surface area contributed by atoms with Crippen LogP contribution in [0, 0.1) is 10.8 Å². The SMILES string of the molecule is CCOC(=O)C1(C(C)=O)CCC(=O)CC1.CCOC(=O)C12CCC(NCc3ccccc3)(CC1)CC2=O. The molecule has 2 bridgehead atoms. The molecule has 1 N–H and O–H groups in total. The van der Waals surface area contributed by atoms with Crippen molar-refractivity contribution >= 4 is 29.3 Å². The molecule has 0 unspecified atom stereocenters. The van der Waals surface area contributed by atoms with Gasteiger partial charge in [0, 0.05) is 31.3 Å². The lowest BCUT2D eigenvalue weighted by Crippen LogP contribution is -2.61. The lowest BCUT2D eigenvalue weighted by atomic mass is 9.56. The first-order chi connectivity index (χ1) is 17.6. The third-order valence-electron chi connectivity index (χ3n) is 8.27. The summed E-state index contributed by atoms with van der Waals surface area (Å²) in [7, 11) is 0. The third kappa shape index (κ3) is 6.17. The minimum Gasteiger partial charge on any atom is -0.465 e. The van der Waals surface area contributed by atoms with E-state index in [1.807, 2.05) is 18.2 Å². The van der Waals surface area contributed by atoms with Crippen molar-refractivity contribution in [1.82, 2.24) is 5.32 Å². The van der Waals surface area contributed by atoms with Crippen LogP contribution in [0.1, 0.15) is 84.1 Å². The Bertz CT molecular complexity index is 998. The number of hydrogen-bond acceptors (Lipinski definition) is 8. The Kier molecular flexibility index (Phi) is 9.40. The Morgan fingerprint density at radius 2 is 1.41 bits per heavy atom. The zero-order valence-corrected chi connectivity index (χ0v) is 22.2. The topological polar surface area (TPSA) is 116 Å². The predicted octanol–water partition coefficient (Wildman–Crippen LogP) is 3.88. The smallest absolute Gasteiger partial charge is 0.319 e. The average Bonchev–Trinajstić information content (AvgIpc) is 2.90. The van der Waals surface area contributed by atoms with Crippen molar-refractivity contribution in [3.63, 3.8) is 0 Å². The largest absolute Gasteiger partial charge is 0.465 e. The Morgan fingerprint density at radius 1 is 0.838 bits per heavy atom. The number of rotatable bonds is 8. The minimum absolute atomic E-state index is 0.0593. The highest BCUT2D eigenvalue weighted by atomic mass is 16.5. The van der Waals surface area contributed by atoms with Crippen LogP contribution in [-0.2, 0) is 40.0 Å². The quantitative estimate of drug-likeness (QED) is 0.411. The fourth-order valence-electron chi connectivity index (χ4n) is 5.72. The molecule has 37 heavy (non-hydrogen) atoms. The van der Waals surface area contributed by atoms with Crippen LogP contribution in [0.5, 0.6) is 0 Å². The van der Waals surface area contributed by atoms with Gasteiger partial charge in [0.15, 0.2) is 5.78 Å². The summed E-state index contributed by atoms with van der Waals surface area (Å²) in [6.07, 6.45) is 4.63. The summed E-state index contributed by atoms with van der Waals surface area (Å²) in [6.45, 7) is 6.26. The molecule has 4 aliphatic rings. The summed E-state index contributed by atoms with van der Waals surface area (Å²) in [5.74, 6) is -0.782. The molecule has 0 heterocycles. The first-order valence-corrected chi connectivity index (χ1v) is 13.3. The van der Waals surface area contributed by atoms with Gasteiger partial charge in [-0.3, -0.25) is 24.0 Å². The van der Waals surface area contributed by atoms with Crippen LogP contribution >= 0.6 is 0 Å². The molecule has 0 saturated heterocycles. The maximum absolute atomic E-state index is 12.6. The molecule has 0 spiro atoms. The molecule has 0 amide bonds. The van der Waals surface area contributed by atoms with Crippen LogP contribution in [-0.4, -0.2) is 48.0 Å². The maximum atomic E-state index is 12.6. The predicted molar refractivity (Wildman–Crippen MR) is 136 cm³/mol. The van der Waals surface area contributed by atoms with Crippen LogP contribution in [0.3, 0.4) is 0 Å². The van der Waals surface area contributed by atoms with Crippen molar-refractivity contribution < 1.29 is 33.4 Å². The molecule has 0 aromatic heterocycles. The molecule has 0 radical (unpaired) electrons. The van der Waals surface area contributed by atoms with Gasteiger partial charge in [-0.2, -0.15) is 0 Å². The van der Waals surface area contributed by atoms with Crippen LogP contribution in [0.15, 0.2) is 30.3 Å². The van der Waals surface area contributed by atoms with E-state index < -0.39 is 16.8 Å². The number of esters is 2. The zero-order valence-electron chi connectivity index (χ0n) is 22.2. The van der Waals surface area contributed by atoms with Gasteiger partial charge in [0.25, 0.3) is 0 Å². The van der Waals surface area contributed by atoms with Gasteiger partial charge >= 0.3 is 11.9 Å². The fourth-order valence-corrected chi connectivity index (χ4v) is 5.72. The lowest BCUT2D eigenvalue weighted by molar-refractivity contribution is -0.169. The summed E-state index contributed by atoms with van der Waals surface area (Å²) in [5.41, 5.74) is -0.825. The van der Waals surface area contributed by atoms with Gasteiger partial charge in [0.1, 0.15) is 22.4 Å². The first kappa shape index (κ1) is 28.7. The Labute approximate surface area is 218 Å². The molecule has 4 fully saturated rings. The normalized spacial score (nSPS) is 26.0. The van der Waals surface area contributed by atoms with E-state index in [0.717, 1.165) is 19.4 Å². The average molecular weight is 514 g/mol. The molecule has 5 rings (SSSR count). The van der Waals surface area contributed by atoms with E-state index in [9.17, 15) is 24.0 Å². The fraction of sp³-hybridized carbons (Fsp3) is 0.621. The van der Waals surface area contributed by atoms with E-state index in [0.29, 0.717) is 51.6 Å². The molecule has 8 heteroatoms. The van der Waals surface area contributed by atoms with Crippen LogP contribution in [0.25, 0.3) is 0 Å². The first-order valence-electron chi connectivity index (χ1n) is 13.3. The Morgan fingerprint density at radius 3 is 1.92 bits per heavy atom. The highest BCUT2D eigenvalue weighted by molar-refractivity contribution is 6.06. The van der Waals surface area contributed by atoms with Crippen molar-refractivity contribution in [3.05, 3.63) is 35.9 Å². The van der Waals surface area contributed by atoms with Crippen molar-refractivity contribution in [2.24, 2.45) is 10.8 Å². The van der Waals surface area contributed by atoms with Crippen molar-refractivity contribution in [1.29, 1.82) is 0 Å². The van der Waals surface area contributed by atoms with Gasteiger partial charge in [0.2, 0.25) is 0 Å². The van der Waals surface area contributed by atoms with Crippen LogP contribution in [0.2, 0.25) is 0 Å². The van der Waals surface area contributed by atoms with E-state index in [1.54, 1.807) is 13.8 Å². The lowest BCUT2D eigenvalue weighted by Gasteiger charge is -2.51.